The number of hydrogen-bond acceptors (Lipinski definition) is 4. The number of nitrogens with zero attached hydrogens (tertiary/aromatic N) is 1. The van der Waals surface area contributed by atoms with E-state index in [0.717, 1.165) is 27.8 Å². The minimum absolute atomic E-state index is 0.288. The average molecular weight is 503 g/mol. The van der Waals surface area contributed by atoms with Gasteiger partial charge in [0.1, 0.15) is 17.0 Å². The summed E-state index contributed by atoms with van der Waals surface area (Å²) in [4.78, 5) is 17.0. The van der Waals surface area contributed by atoms with Gasteiger partial charge in [-0.2, -0.15) is 0 Å². The summed E-state index contributed by atoms with van der Waals surface area (Å²) in [5, 5.41) is 3.70. The van der Waals surface area contributed by atoms with Gasteiger partial charge in [0.2, 0.25) is 11.8 Å². The first kappa shape index (κ1) is 23.0. The number of amides is 1. The van der Waals surface area contributed by atoms with E-state index in [1.165, 1.54) is 6.08 Å². The second-order valence-electron chi connectivity index (χ2n) is 8.15. The standard InChI is InChI=1S/C28H20Cl2N2O3/c1-16-14-17(2)27-23(15-16)32-28(35-27)18-6-8-19(9-7-18)31-25(33)13-11-20-10-12-24(34-20)21-4-3-5-22(29)26(21)30/h3-15H,1-2H3,(H,31,33). The zero-order valence-corrected chi connectivity index (χ0v) is 20.4. The monoisotopic (exact) mass is 502 g/mol. The molecule has 5 rings (SSSR count). The number of fused-ring (bicyclic) bond motifs is 1. The molecule has 0 bridgehead atoms. The van der Waals surface area contributed by atoms with Crippen LogP contribution in [-0.4, -0.2) is 10.9 Å². The Morgan fingerprint density at radius 2 is 1.77 bits per heavy atom. The molecule has 2 aromatic heterocycles. The number of anilines is 1. The van der Waals surface area contributed by atoms with Gasteiger partial charge in [0, 0.05) is 22.9 Å². The molecule has 0 fully saturated rings. The van der Waals surface area contributed by atoms with E-state index >= 15 is 0 Å². The van der Waals surface area contributed by atoms with Crippen molar-refractivity contribution in [3.05, 3.63) is 99.7 Å². The van der Waals surface area contributed by atoms with E-state index in [-0.39, 0.29) is 5.91 Å². The normalized spacial score (nSPS) is 11.4. The van der Waals surface area contributed by atoms with Crippen molar-refractivity contribution in [1.29, 1.82) is 0 Å². The molecule has 0 aliphatic rings. The Balaban J connectivity index is 1.26. The second kappa shape index (κ2) is 9.45. The van der Waals surface area contributed by atoms with E-state index in [1.54, 1.807) is 42.5 Å². The molecule has 1 N–H and O–H groups in total. The largest absolute Gasteiger partial charge is 0.457 e. The SMILES string of the molecule is Cc1cc(C)c2oc(-c3ccc(NC(=O)C=Cc4ccc(-c5cccc(Cl)c5Cl)o4)cc3)nc2c1. The van der Waals surface area contributed by atoms with Crippen molar-refractivity contribution in [1.82, 2.24) is 4.98 Å². The van der Waals surface area contributed by atoms with Gasteiger partial charge in [0.15, 0.2) is 5.58 Å². The molecule has 174 valence electrons. The van der Waals surface area contributed by atoms with E-state index in [0.29, 0.717) is 38.7 Å². The number of furan rings is 1. The van der Waals surface area contributed by atoms with Gasteiger partial charge in [0.05, 0.1) is 10.0 Å². The van der Waals surface area contributed by atoms with E-state index in [9.17, 15) is 4.79 Å². The third kappa shape index (κ3) is 4.87. The summed E-state index contributed by atoms with van der Waals surface area (Å²) in [6.07, 6.45) is 3.00. The molecule has 5 aromatic rings. The van der Waals surface area contributed by atoms with Crippen molar-refractivity contribution in [2.24, 2.45) is 0 Å². The lowest BCUT2D eigenvalue weighted by molar-refractivity contribution is -0.111. The van der Waals surface area contributed by atoms with Crippen LogP contribution in [0.2, 0.25) is 10.0 Å². The number of halogens is 2. The Bertz CT molecular complexity index is 1580. The van der Waals surface area contributed by atoms with Gasteiger partial charge in [-0.25, -0.2) is 4.98 Å². The van der Waals surface area contributed by atoms with Gasteiger partial charge < -0.3 is 14.2 Å². The van der Waals surface area contributed by atoms with Crippen LogP contribution in [0.5, 0.6) is 0 Å². The Hall–Kier alpha value is -3.80. The summed E-state index contributed by atoms with van der Waals surface area (Å²) in [6, 6.07) is 20.3. The Morgan fingerprint density at radius 3 is 2.57 bits per heavy atom. The topological polar surface area (TPSA) is 68.3 Å². The maximum atomic E-state index is 12.4. The molecular weight excluding hydrogens is 483 g/mol. The van der Waals surface area contributed by atoms with E-state index in [4.69, 9.17) is 32.0 Å². The van der Waals surface area contributed by atoms with Crippen LogP contribution in [0.4, 0.5) is 5.69 Å². The van der Waals surface area contributed by atoms with Gasteiger partial charge in [0.25, 0.3) is 0 Å². The molecule has 0 spiro atoms. The summed E-state index contributed by atoms with van der Waals surface area (Å²) in [6.45, 7) is 4.04. The first-order valence-electron chi connectivity index (χ1n) is 10.9. The summed E-state index contributed by atoms with van der Waals surface area (Å²) in [5.41, 5.74) is 5.97. The highest BCUT2D eigenvalue weighted by atomic mass is 35.5. The highest BCUT2D eigenvalue weighted by Crippen LogP contribution is 2.34. The third-order valence-electron chi connectivity index (χ3n) is 5.46. The molecular formula is C28H20Cl2N2O3. The van der Waals surface area contributed by atoms with Crippen LogP contribution in [0.3, 0.4) is 0 Å². The molecule has 0 aliphatic carbocycles. The number of aromatic nitrogens is 1. The lowest BCUT2D eigenvalue weighted by Gasteiger charge is -2.03. The number of rotatable bonds is 5. The van der Waals surface area contributed by atoms with E-state index < -0.39 is 0 Å². The predicted octanol–water partition coefficient (Wildman–Crippen LogP) is 8.33. The third-order valence-corrected chi connectivity index (χ3v) is 6.28. The average Bonchev–Trinajstić information content (AvgIpc) is 3.47. The van der Waals surface area contributed by atoms with Crippen LogP contribution in [-0.2, 0) is 4.79 Å². The minimum atomic E-state index is -0.288. The molecule has 2 heterocycles. The molecule has 0 unspecified atom stereocenters. The van der Waals surface area contributed by atoms with Crippen LogP contribution in [0, 0.1) is 13.8 Å². The van der Waals surface area contributed by atoms with E-state index in [2.05, 4.69) is 16.4 Å². The molecule has 7 heteroatoms. The highest BCUT2D eigenvalue weighted by Gasteiger charge is 2.12. The fourth-order valence-electron chi connectivity index (χ4n) is 3.82. The molecule has 5 nitrogen and oxygen atoms in total. The number of oxazole rings is 1. The summed E-state index contributed by atoms with van der Waals surface area (Å²) >= 11 is 12.3. The van der Waals surface area contributed by atoms with Crippen molar-refractivity contribution in [3.63, 3.8) is 0 Å². The Labute approximate surface area is 212 Å². The quantitative estimate of drug-likeness (QED) is 0.245. The van der Waals surface area contributed by atoms with Crippen molar-refractivity contribution in [3.8, 4) is 22.8 Å². The predicted molar refractivity (Wildman–Crippen MR) is 141 cm³/mol. The second-order valence-corrected chi connectivity index (χ2v) is 8.94. The Morgan fingerprint density at radius 1 is 0.971 bits per heavy atom. The van der Waals surface area contributed by atoms with Gasteiger partial charge >= 0.3 is 0 Å². The summed E-state index contributed by atoms with van der Waals surface area (Å²) in [7, 11) is 0. The lowest BCUT2D eigenvalue weighted by Crippen LogP contribution is -2.07. The van der Waals surface area contributed by atoms with Crippen molar-refractivity contribution < 1.29 is 13.6 Å². The van der Waals surface area contributed by atoms with Gasteiger partial charge in [-0.1, -0.05) is 35.3 Å². The van der Waals surface area contributed by atoms with Crippen molar-refractivity contribution in [2.75, 3.05) is 5.32 Å². The molecule has 0 radical (unpaired) electrons. The number of hydrogen-bond donors (Lipinski definition) is 1. The number of carbonyl (C=O) groups excluding carboxylic acids is 1. The zero-order valence-electron chi connectivity index (χ0n) is 18.9. The van der Waals surface area contributed by atoms with Gasteiger partial charge in [-0.05, 0) is 85.6 Å². The molecule has 35 heavy (non-hydrogen) atoms. The minimum Gasteiger partial charge on any atom is -0.457 e. The maximum Gasteiger partial charge on any atom is 0.248 e. The smallest absolute Gasteiger partial charge is 0.248 e. The van der Waals surface area contributed by atoms with Crippen LogP contribution >= 0.6 is 23.2 Å². The first-order chi connectivity index (χ1) is 16.9. The van der Waals surface area contributed by atoms with Crippen LogP contribution in [0.1, 0.15) is 16.9 Å². The van der Waals surface area contributed by atoms with Crippen molar-refractivity contribution in [2.45, 2.75) is 13.8 Å². The fraction of sp³-hybridized carbons (Fsp3) is 0.0714. The van der Waals surface area contributed by atoms with Crippen LogP contribution < -0.4 is 5.32 Å². The van der Waals surface area contributed by atoms with Gasteiger partial charge in [-0.15, -0.1) is 0 Å². The number of aryl methyl sites for hydroxylation is 2. The first-order valence-corrected chi connectivity index (χ1v) is 11.6. The zero-order chi connectivity index (χ0) is 24.5. The number of benzene rings is 3. The molecule has 1 amide bonds. The molecule has 0 aliphatic heterocycles. The summed E-state index contributed by atoms with van der Waals surface area (Å²) < 4.78 is 11.7. The number of carbonyl (C=O) groups is 1. The van der Waals surface area contributed by atoms with Crippen LogP contribution in [0.25, 0.3) is 40.0 Å². The molecule has 3 aromatic carbocycles. The molecule has 0 saturated heterocycles. The molecule has 0 atom stereocenters. The van der Waals surface area contributed by atoms with Crippen LogP contribution in [0.15, 0.2) is 81.6 Å². The lowest BCUT2D eigenvalue weighted by atomic mass is 10.1. The fourth-order valence-corrected chi connectivity index (χ4v) is 4.21. The van der Waals surface area contributed by atoms with Gasteiger partial charge in [-0.3, -0.25) is 4.79 Å². The number of nitrogens with one attached hydrogen (secondary N) is 1. The molecule has 0 saturated carbocycles. The Kier molecular flexibility index (Phi) is 6.20. The van der Waals surface area contributed by atoms with Crippen molar-refractivity contribution >= 4 is 52.0 Å². The highest BCUT2D eigenvalue weighted by molar-refractivity contribution is 6.43. The maximum absolute atomic E-state index is 12.4. The van der Waals surface area contributed by atoms with E-state index in [1.807, 2.05) is 38.1 Å². The summed E-state index contributed by atoms with van der Waals surface area (Å²) in [5.74, 6) is 1.34.